The monoisotopic (exact) mass is 316 g/mol. The van der Waals surface area contributed by atoms with Crippen molar-refractivity contribution in [3.8, 4) is 11.5 Å². The zero-order chi connectivity index (χ0) is 16.2. The largest absolute Gasteiger partial charge is 0.457 e. The Hall–Kier alpha value is -2.83. The molecule has 0 saturated carbocycles. The maximum absolute atomic E-state index is 13.4. The number of nitrogens with zero attached hydrogens (tertiary/aromatic N) is 2. The number of nitrogens with two attached hydrogens (primary N) is 1. The number of rotatable bonds is 3. The molecule has 2 aromatic rings. The molecule has 2 amide bonds. The predicted octanol–water partition coefficient (Wildman–Crippen LogP) is 3.22. The Morgan fingerprint density at radius 3 is 2.70 bits per heavy atom. The number of urea groups is 1. The SMILES string of the molecule is Nc1ccc(Oc2ccnc(NC(=O)N3CCCC3)c2)cc1F. The zero-order valence-corrected chi connectivity index (χ0v) is 12.5. The molecule has 1 aliphatic heterocycles. The van der Waals surface area contributed by atoms with Crippen LogP contribution >= 0.6 is 0 Å². The highest BCUT2D eigenvalue weighted by Gasteiger charge is 2.18. The molecule has 1 aliphatic rings. The van der Waals surface area contributed by atoms with Crippen molar-refractivity contribution in [3.63, 3.8) is 0 Å². The Bertz CT molecular complexity index is 717. The first-order chi connectivity index (χ1) is 11.1. The molecule has 3 N–H and O–H groups in total. The van der Waals surface area contributed by atoms with Crippen LogP contribution in [0.2, 0.25) is 0 Å². The minimum Gasteiger partial charge on any atom is -0.457 e. The smallest absolute Gasteiger partial charge is 0.323 e. The lowest BCUT2D eigenvalue weighted by Gasteiger charge is -2.16. The minimum atomic E-state index is -0.542. The van der Waals surface area contributed by atoms with E-state index in [1.807, 2.05) is 0 Å². The number of nitrogen functional groups attached to an aromatic ring is 1. The second-order valence-corrected chi connectivity index (χ2v) is 5.29. The molecule has 0 unspecified atom stereocenters. The number of aromatic nitrogens is 1. The summed E-state index contributed by atoms with van der Waals surface area (Å²) in [7, 11) is 0. The number of pyridine rings is 1. The van der Waals surface area contributed by atoms with E-state index in [0.29, 0.717) is 17.3 Å². The fraction of sp³-hybridized carbons (Fsp3) is 0.250. The first kappa shape index (κ1) is 15.1. The second-order valence-electron chi connectivity index (χ2n) is 5.29. The summed E-state index contributed by atoms with van der Waals surface area (Å²) in [6.07, 6.45) is 3.56. The van der Waals surface area contributed by atoms with Crippen molar-refractivity contribution in [1.29, 1.82) is 0 Å². The Balaban J connectivity index is 1.69. The van der Waals surface area contributed by atoms with E-state index in [-0.39, 0.29) is 11.7 Å². The minimum absolute atomic E-state index is 0.0608. The molecule has 7 heteroatoms. The number of nitrogens with one attached hydrogen (secondary N) is 1. The highest BCUT2D eigenvalue weighted by Crippen LogP contribution is 2.25. The van der Waals surface area contributed by atoms with Gasteiger partial charge in [0.1, 0.15) is 23.1 Å². The van der Waals surface area contributed by atoms with Crippen molar-refractivity contribution in [1.82, 2.24) is 9.88 Å². The topological polar surface area (TPSA) is 80.5 Å². The van der Waals surface area contributed by atoms with Gasteiger partial charge in [0, 0.05) is 31.4 Å². The molecule has 1 aromatic carbocycles. The lowest BCUT2D eigenvalue weighted by Crippen LogP contribution is -2.32. The van der Waals surface area contributed by atoms with Crippen LogP contribution in [-0.2, 0) is 0 Å². The van der Waals surface area contributed by atoms with E-state index in [0.717, 1.165) is 25.9 Å². The number of hydrogen-bond donors (Lipinski definition) is 2. The van der Waals surface area contributed by atoms with Gasteiger partial charge in [0.25, 0.3) is 0 Å². The number of amides is 2. The van der Waals surface area contributed by atoms with Crippen LogP contribution in [0, 0.1) is 5.82 Å². The van der Waals surface area contributed by atoms with Crippen molar-refractivity contribution < 1.29 is 13.9 Å². The van der Waals surface area contributed by atoms with E-state index >= 15 is 0 Å². The molecule has 1 saturated heterocycles. The number of benzene rings is 1. The molecule has 0 bridgehead atoms. The molecule has 1 fully saturated rings. The first-order valence-electron chi connectivity index (χ1n) is 7.37. The van der Waals surface area contributed by atoms with Crippen LogP contribution in [0.4, 0.5) is 20.7 Å². The van der Waals surface area contributed by atoms with Crippen LogP contribution in [0.1, 0.15) is 12.8 Å². The summed E-state index contributed by atoms with van der Waals surface area (Å²) in [5, 5.41) is 2.73. The summed E-state index contributed by atoms with van der Waals surface area (Å²) < 4.78 is 19.0. The van der Waals surface area contributed by atoms with Crippen LogP contribution in [0.5, 0.6) is 11.5 Å². The number of anilines is 2. The lowest BCUT2D eigenvalue weighted by atomic mass is 10.3. The van der Waals surface area contributed by atoms with Crippen molar-refractivity contribution >= 4 is 17.5 Å². The van der Waals surface area contributed by atoms with Gasteiger partial charge in [-0.3, -0.25) is 5.32 Å². The van der Waals surface area contributed by atoms with Crippen molar-refractivity contribution in [2.45, 2.75) is 12.8 Å². The average molecular weight is 316 g/mol. The summed E-state index contributed by atoms with van der Waals surface area (Å²) in [6.45, 7) is 1.51. The molecule has 0 radical (unpaired) electrons. The number of halogens is 1. The molecule has 6 nitrogen and oxygen atoms in total. The average Bonchev–Trinajstić information content (AvgIpc) is 3.06. The third kappa shape index (κ3) is 3.68. The Morgan fingerprint density at radius 1 is 1.22 bits per heavy atom. The summed E-state index contributed by atoms with van der Waals surface area (Å²) in [5.74, 6) is 0.607. The Morgan fingerprint density at radius 2 is 1.96 bits per heavy atom. The van der Waals surface area contributed by atoms with E-state index in [2.05, 4.69) is 10.3 Å². The van der Waals surface area contributed by atoms with Crippen LogP contribution in [0.15, 0.2) is 36.5 Å². The first-order valence-corrected chi connectivity index (χ1v) is 7.37. The van der Waals surface area contributed by atoms with Gasteiger partial charge in [-0.15, -0.1) is 0 Å². The fourth-order valence-corrected chi connectivity index (χ4v) is 2.36. The van der Waals surface area contributed by atoms with E-state index in [9.17, 15) is 9.18 Å². The Kier molecular flexibility index (Phi) is 4.27. The normalized spacial score (nSPS) is 13.9. The summed E-state index contributed by atoms with van der Waals surface area (Å²) >= 11 is 0. The standard InChI is InChI=1S/C16H17FN4O2/c17-13-9-11(3-4-14(13)18)23-12-5-6-19-15(10-12)20-16(22)21-7-1-2-8-21/h3-6,9-10H,1-2,7-8,18H2,(H,19,20,22). The van der Waals surface area contributed by atoms with Gasteiger partial charge < -0.3 is 15.4 Å². The third-order valence-electron chi connectivity index (χ3n) is 3.57. The maximum atomic E-state index is 13.4. The highest BCUT2D eigenvalue weighted by molar-refractivity contribution is 5.88. The van der Waals surface area contributed by atoms with Gasteiger partial charge in [-0.05, 0) is 31.0 Å². The molecule has 0 spiro atoms. The third-order valence-corrected chi connectivity index (χ3v) is 3.57. The molecule has 120 valence electrons. The van der Waals surface area contributed by atoms with E-state index < -0.39 is 5.82 Å². The summed E-state index contributed by atoms with van der Waals surface area (Å²) in [4.78, 5) is 17.9. The number of carbonyl (C=O) groups is 1. The molecule has 23 heavy (non-hydrogen) atoms. The number of likely N-dealkylation sites (tertiary alicyclic amines) is 1. The molecule has 2 heterocycles. The fourth-order valence-electron chi connectivity index (χ4n) is 2.36. The van der Waals surface area contributed by atoms with E-state index in [1.54, 1.807) is 23.1 Å². The van der Waals surface area contributed by atoms with Crippen LogP contribution in [0.25, 0.3) is 0 Å². The quantitative estimate of drug-likeness (QED) is 0.852. The Labute approximate surface area is 133 Å². The molecule has 0 aliphatic carbocycles. The molecule has 0 atom stereocenters. The highest BCUT2D eigenvalue weighted by atomic mass is 19.1. The van der Waals surface area contributed by atoms with Gasteiger partial charge in [-0.1, -0.05) is 0 Å². The summed E-state index contributed by atoms with van der Waals surface area (Å²) in [6, 6.07) is 7.24. The van der Waals surface area contributed by atoms with E-state index in [1.165, 1.54) is 18.3 Å². The zero-order valence-electron chi connectivity index (χ0n) is 12.5. The molecular weight excluding hydrogens is 299 g/mol. The van der Waals surface area contributed by atoms with E-state index in [4.69, 9.17) is 10.5 Å². The van der Waals surface area contributed by atoms with Crippen molar-refractivity contribution in [3.05, 3.63) is 42.3 Å². The molecule has 1 aromatic heterocycles. The van der Waals surface area contributed by atoms with Gasteiger partial charge in [-0.25, -0.2) is 14.2 Å². The molecular formula is C16H17FN4O2. The van der Waals surface area contributed by atoms with Crippen molar-refractivity contribution in [2.24, 2.45) is 0 Å². The number of hydrogen-bond acceptors (Lipinski definition) is 4. The van der Waals surface area contributed by atoms with Crippen LogP contribution < -0.4 is 15.8 Å². The van der Waals surface area contributed by atoms with Gasteiger partial charge in [0.2, 0.25) is 0 Å². The van der Waals surface area contributed by atoms with Crippen molar-refractivity contribution in [2.75, 3.05) is 24.1 Å². The molecule has 3 rings (SSSR count). The van der Waals surface area contributed by atoms with Gasteiger partial charge in [0.05, 0.1) is 5.69 Å². The number of carbonyl (C=O) groups excluding carboxylic acids is 1. The summed E-state index contributed by atoms with van der Waals surface area (Å²) in [5.41, 5.74) is 5.49. The van der Waals surface area contributed by atoms with Crippen LogP contribution in [0.3, 0.4) is 0 Å². The number of ether oxygens (including phenoxy) is 1. The van der Waals surface area contributed by atoms with Gasteiger partial charge in [0.15, 0.2) is 0 Å². The predicted molar refractivity (Wildman–Crippen MR) is 84.9 cm³/mol. The van der Waals surface area contributed by atoms with Crippen LogP contribution in [-0.4, -0.2) is 29.0 Å². The van der Waals surface area contributed by atoms with Gasteiger partial charge >= 0.3 is 6.03 Å². The maximum Gasteiger partial charge on any atom is 0.323 e. The second kappa shape index (κ2) is 6.51. The van der Waals surface area contributed by atoms with Gasteiger partial charge in [-0.2, -0.15) is 0 Å². The lowest BCUT2D eigenvalue weighted by molar-refractivity contribution is 0.222.